The lowest BCUT2D eigenvalue weighted by atomic mass is 10.0. The smallest absolute Gasteiger partial charge is 0.266 e. The van der Waals surface area contributed by atoms with Crippen LogP contribution in [0.3, 0.4) is 0 Å². The third-order valence-electron chi connectivity index (χ3n) is 6.76. The van der Waals surface area contributed by atoms with E-state index < -0.39 is 5.60 Å². The normalized spacial score (nSPS) is 19.1. The minimum atomic E-state index is -0.985. The van der Waals surface area contributed by atoms with Crippen LogP contribution < -0.4 is 10.1 Å². The Morgan fingerprint density at radius 2 is 2.00 bits per heavy atom. The zero-order valence-corrected chi connectivity index (χ0v) is 20.2. The molecule has 0 aliphatic carbocycles. The number of amides is 1. The highest BCUT2D eigenvalue weighted by Gasteiger charge is 2.41. The van der Waals surface area contributed by atoms with Crippen LogP contribution in [-0.2, 0) is 17.8 Å². The summed E-state index contributed by atoms with van der Waals surface area (Å²) in [6.45, 7) is 10.3. The SMILES string of the molecule is CNc1nc([C@H]2CCCN2C(=O)C(C)(C)Oc2cccc(C)c2C)nc2c1CCN(C)C2. The van der Waals surface area contributed by atoms with Crippen molar-refractivity contribution < 1.29 is 9.53 Å². The molecule has 2 aliphatic rings. The van der Waals surface area contributed by atoms with E-state index in [1.165, 1.54) is 5.56 Å². The average molecular weight is 438 g/mol. The first kappa shape index (κ1) is 22.5. The third-order valence-corrected chi connectivity index (χ3v) is 6.76. The molecule has 1 atom stereocenters. The van der Waals surface area contributed by atoms with Crippen LogP contribution in [0.25, 0.3) is 0 Å². The van der Waals surface area contributed by atoms with Gasteiger partial charge in [-0.05, 0) is 71.2 Å². The van der Waals surface area contributed by atoms with Gasteiger partial charge in [-0.3, -0.25) is 4.79 Å². The summed E-state index contributed by atoms with van der Waals surface area (Å²) < 4.78 is 6.27. The van der Waals surface area contributed by atoms with Gasteiger partial charge in [0.15, 0.2) is 11.4 Å². The van der Waals surface area contributed by atoms with Crippen molar-refractivity contribution >= 4 is 11.7 Å². The number of likely N-dealkylation sites (tertiary alicyclic amines) is 1. The van der Waals surface area contributed by atoms with Crippen LogP contribution in [0.2, 0.25) is 0 Å². The maximum atomic E-state index is 13.7. The Hall–Kier alpha value is -2.67. The highest BCUT2D eigenvalue weighted by Crippen LogP contribution is 2.35. The van der Waals surface area contributed by atoms with Crippen LogP contribution in [0.1, 0.15) is 60.9 Å². The molecule has 1 aromatic heterocycles. The number of likely N-dealkylation sites (N-methyl/N-ethyl adjacent to an activating group) is 1. The van der Waals surface area contributed by atoms with E-state index in [9.17, 15) is 4.79 Å². The molecule has 2 aromatic rings. The summed E-state index contributed by atoms with van der Waals surface area (Å²) in [5, 5.41) is 3.25. The number of aromatic nitrogens is 2. The van der Waals surface area contributed by atoms with E-state index in [4.69, 9.17) is 14.7 Å². The van der Waals surface area contributed by atoms with E-state index in [1.54, 1.807) is 0 Å². The number of benzene rings is 1. The average Bonchev–Trinajstić information content (AvgIpc) is 3.25. The molecule has 4 rings (SSSR count). The summed E-state index contributed by atoms with van der Waals surface area (Å²) in [7, 11) is 4.02. The summed E-state index contributed by atoms with van der Waals surface area (Å²) in [5.74, 6) is 2.36. The quantitative estimate of drug-likeness (QED) is 0.770. The minimum Gasteiger partial charge on any atom is -0.478 e. The molecular formula is C25H35N5O2. The molecule has 1 saturated heterocycles. The monoisotopic (exact) mass is 437 g/mol. The highest BCUT2D eigenvalue weighted by molar-refractivity contribution is 5.85. The molecule has 0 bridgehead atoms. The second-order valence-electron chi connectivity index (χ2n) is 9.56. The molecule has 172 valence electrons. The Morgan fingerprint density at radius 1 is 1.22 bits per heavy atom. The van der Waals surface area contributed by atoms with Crippen LogP contribution in [0.15, 0.2) is 18.2 Å². The topological polar surface area (TPSA) is 70.6 Å². The predicted octanol–water partition coefficient (Wildman–Crippen LogP) is 3.64. The number of ether oxygens (including phenoxy) is 1. The molecule has 0 radical (unpaired) electrons. The largest absolute Gasteiger partial charge is 0.478 e. The molecule has 7 nitrogen and oxygen atoms in total. The number of rotatable bonds is 5. The standard InChI is InChI=1S/C25H35N5O2/c1-16-9-7-11-21(17(16)2)32-25(3,4)24(31)30-13-8-10-20(30)23-27-19-15-29(6)14-12-18(19)22(26-5)28-23/h7,9,11,20H,8,10,12-15H2,1-6H3,(H,26,27,28)/t20-/m1/s1. The van der Waals surface area contributed by atoms with Crippen molar-refractivity contribution in [3.05, 3.63) is 46.4 Å². The molecule has 0 spiro atoms. The zero-order chi connectivity index (χ0) is 23.0. The van der Waals surface area contributed by atoms with Gasteiger partial charge in [0.05, 0.1) is 11.7 Å². The van der Waals surface area contributed by atoms with Gasteiger partial charge in [0.2, 0.25) is 0 Å². The van der Waals surface area contributed by atoms with Crippen molar-refractivity contribution in [1.82, 2.24) is 19.8 Å². The molecule has 1 amide bonds. The van der Waals surface area contributed by atoms with Gasteiger partial charge in [-0.25, -0.2) is 9.97 Å². The summed E-state index contributed by atoms with van der Waals surface area (Å²) in [5.41, 5.74) is 3.49. The lowest BCUT2D eigenvalue weighted by molar-refractivity contribution is -0.146. The van der Waals surface area contributed by atoms with E-state index >= 15 is 0 Å². The van der Waals surface area contributed by atoms with Crippen molar-refractivity contribution in [2.75, 3.05) is 32.5 Å². The number of nitrogens with zero attached hydrogens (tertiary/aromatic N) is 4. The summed E-state index contributed by atoms with van der Waals surface area (Å²) in [4.78, 5) is 27.7. The zero-order valence-electron chi connectivity index (χ0n) is 20.2. The van der Waals surface area contributed by atoms with Crippen LogP contribution in [0, 0.1) is 13.8 Å². The maximum absolute atomic E-state index is 13.7. The Kier molecular flexibility index (Phi) is 6.12. The summed E-state index contributed by atoms with van der Waals surface area (Å²) in [6.07, 6.45) is 2.74. The van der Waals surface area contributed by atoms with Crippen molar-refractivity contribution in [3.8, 4) is 5.75 Å². The van der Waals surface area contributed by atoms with Gasteiger partial charge in [0.25, 0.3) is 5.91 Å². The van der Waals surface area contributed by atoms with Gasteiger partial charge >= 0.3 is 0 Å². The van der Waals surface area contributed by atoms with E-state index in [2.05, 4.69) is 30.3 Å². The number of fused-ring (bicyclic) bond motifs is 1. The molecule has 7 heteroatoms. The Bertz CT molecular complexity index is 1020. The van der Waals surface area contributed by atoms with Gasteiger partial charge in [-0.1, -0.05) is 12.1 Å². The van der Waals surface area contributed by atoms with Crippen molar-refractivity contribution in [3.63, 3.8) is 0 Å². The van der Waals surface area contributed by atoms with Gasteiger partial charge < -0.3 is 19.9 Å². The molecule has 32 heavy (non-hydrogen) atoms. The number of hydrogen-bond donors (Lipinski definition) is 1. The third kappa shape index (κ3) is 4.18. The fraction of sp³-hybridized carbons (Fsp3) is 0.560. The van der Waals surface area contributed by atoms with Gasteiger partial charge in [0, 0.05) is 32.2 Å². The molecule has 1 aromatic carbocycles. The minimum absolute atomic E-state index is 0.0228. The number of carbonyl (C=O) groups is 1. The Balaban J connectivity index is 1.61. The van der Waals surface area contributed by atoms with E-state index in [0.29, 0.717) is 6.54 Å². The molecular weight excluding hydrogens is 402 g/mol. The summed E-state index contributed by atoms with van der Waals surface area (Å²) >= 11 is 0. The van der Waals surface area contributed by atoms with Crippen LogP contribution >= 0.6 is 0 Å². The fourth-order valence-electron chi connectivity index (χ4n) is 4.71. The number of anilines is 1. The first-order valence-corrected chi connectivity index (χ1v) is 11.5. The highest BCUT2D eigenvalue weighted by atomic mass is 16.5. The fourth-order valence-corrected chi connectivity index (χ4v) is 4.71. The number of carbonyl (C=O) groups excluding carboxylic acids is 1. The molecule has 3 heterocycles. The van der Waals surface area contributed by atoms with Crippen molar-refractivity contribution in [2.24, 2.45) is 0 Å². The molecule has 1 fully saturated rings. The van der Waals surface area contributed by atoms with Crippen LogP contribution in [0.4, 0.5) is 5.82 Å². The summed E-state index contributed by atoms with van der Waals surface area (Å²) in [6, 6.07) is 5.82. The van der Waals surface area contributed by atoms with Crippen molar-refractivity contribution in [2.45, 2.75) is 65.1 Å². The van der Waals surface area contributed by atoms with Gasteiger partial charge in [0.1, 0.15) is 11.6 Å². The molecule has 2 aliphatic heterocycles. The van der Waals surface area contributed by atoms with E-state index in [-0.39, 0.29) is 11.9 Å². The Labute approximate surface area is 191 Å². The van der Waals surface area contributed by atoms with Crippen molar-refractivity contribution in [1.29, 1.82) is 0 Å². The lowest BCUT2D eigenvalue weighted by Crippen LogP contribution is -2.49. The second-order valence-corrected chi connectivity index (χ2v) is 9.56. The second kappa shape index (κ2) is 8.70. The van der Waals surface area contributed by atoms with E-state index in [1.807, 2.05) is 44.9 Å². The molecule has 0 unspecified atom stereocenters. The van der Waals surface area contributed by atoms with E-state index in [0.717, 1.165) is 66.6 Å². The maximum Gasteiger partial charge on any atom is 0.266 e. The molecule has 1 N–H and O–H groups in total. The van der Waals surface area contributed by atoms with Gasteiger partial charge in [-0.2, -0.15) is 0 Å². The Morgan fingerprint density at radius 3 is 2.75 bits per heavy atom. The number of aryl methyl sites for hydroxylation is 1. The predicted molar refractivity (Wildman–Crippen MR) is 126 cm³/mol. The number of nitrogens with one attached hydrogen (secondary N) is 1. The number of hydrogen-bond acceptors (Lipinski definition) is 6. The lowest BCUT2D eigenvalue weighted by Gasteiger charge is -2.34. The van der Waals surface area contributed by atoms with Crippen LogP contribution in [-0.4, -0.2) is 58.5 Å². The first-order chi connectivity index (χ1) is 15.2. The first-order valence-electron chi connectivity index (χ1n) is 11.5. The van der Waals surface area contributed by atoms with Gasteiger partial charge in [-0.15, -0.1) is 0 Å². The van der Waals surface area contributed by atoms with Crippen LogP contribution in [0.5, 0.6) is 5.75 Å². The molecule has 0 saturated carbocycles.